The number of non-ortho nitro benzene ring substituents is 1. The van der Waals surface area contributed by atoms with E-state index >= 15 is 0 Å². The molecule has 20 heavy (non-hydrogen) atoms. The topological polar surface area (TPSA) is 80.5 Å². The van der Waals surface area contributed by atoms with Crippen molar-refractivity contribution in [1.82, 2.24) is 4.90 Å². The van der Waals surface area contributed by atoms with Crippen molar-refractivity contribution in [3.63, 3.8) is 0 Å². The summed E-state index contributed by atoms with van der Waals surface area (Å²) in [5.41, 5.74) is 0.210. The lowest BCUT2D eigenvalue weighted by molar-refractivity contribution is -0.384. The lowest BCUT2D eigenvalue weighted by Gasteiger charge is -2.30. The van der Waals surface area contributed by atoms with Gasteiger partial charge in [-0.2, -0.15) is 0 Å². The number of amides is 1. The average Bonchev–Trinajstić information content (AvgIpc) is 2.46. The van der Waals surface area contributed by atoms with Crippen molar-refractivity contribution in [2.24, 2.45) is 0 Å². The molecule has 0 spiro atoms. The first-order valence-corrected chi connectivity index (χ1v) is 6.52. The molecule has 2 rings (SSSR count). The molecule has 1 aliphatic carbocycles. The number of Topliss-reactive ketones (excluding diaryl/α,β-unsaturated/α-hetero) is 1. The van der Waals surface area contributed by atoms with E-state index in [1.165, 1.54) is 18.2 Å². The minimum Gasteiger partial charge on any atom is -0.339 e. The number of carbonyl (C=O) groups excluding carboxylic acids is 2. The van der Waals surface area contributed by atoms with Gasteiger partial charge in [0.15, 0.2) is 0 Å². The van der Waals surface area contributed by atoms with Gasteiger partial charge in [0, 0.05) is 43.6 Å². The second kappa shape index (κ2) is 5.81. The number of carbonyl (C=O) groups is 2. The van der Waals surface area contributed by atoms with Crippen LogP contribution in [0.15, 0.2) is 24.3 Å². The number of nitro benzene ring substituents is 1. The zero-order valence-electron chi connectivity index (χ0n) is 11.2. The second-order valence-electron chi connectivity index (χ2n) is 4.99. The first kappa shape index (κ1) is 14.2. The molecule has 106 valence electrons. The van der Waals surface area contributed by atoms with Gasteiger partial charge >= 0.3 is 0 Å². The van der Waals surface area contributed by atoms with Gasteiger partial charge in [-0.1, -0.05) is 6.07 Å². The van der Waals surface area contributed by atoms with E-state index in [2.05, 4.69) is 0 Å². The van der Waals surface area contributed by atoms with Crippen LogP contribution in [0.2, 0.25) is 0 Å². The van der Waals surface area contributed by atoms with E-state index in [4.69, 9.17) is 0 Å². The highest BCUT2D eigenvalue weighted by atomic mass is 16.6. The third-order valence-electron chi connectivity index (χ3n) is 3.68. The molecule has 1 aliphatic rings. The van der Waals surface area contributed by atoms with Gasteiger partial charge in [0.1, 0.15) is 5.78 Å². The summed E-state index contributed by atoms with van der Waals surface area (Å²) in [6.07, 6.45) is 2.32. The summed E-state index contributed by atoms with van der Waals surface area (Å²) in [5.74, 6) is -0.00880. The van der Waals surface area contributed by atoms with Crippen LogP contribution < -0.4 is 0 Å². The largest absolute Gasteiger partial charge is 0.339 e. The van der Waals surface area contributed by atoms with Crippen molar-refractivity contribution >= 4 is 17.4 Å². The van der Waals surface area contributed by atoms with Gasteiger partial charge in [-0.05, 0) is 18.9 Å². The van der Waals surface area contributed by atoms with E-state index in [1.807, 2.05) is 0 Å². The quantitative estimate of drug-likeness (QED) is 0.626. The smallest absolute Gasteiger partial charge is 0.270 e. The number of ketones is 1. The molecule has 6 heteroatoms. The highest BCUT2D eigenvalue weighted by molar-refractivity contribution is 5.95. The Morgan fingerprint density at radius 2 is 2.00 bits per heavy atom. The van der Waals surface area contributed by atoms with Crippen LogP contribution in [0.5, 0.6) is 0 Å². The van der Waals surface area contributed by atoms with Crippen LogP contribution in [0.25, 0.3) is 0 Å². The Balaban J connectivity index is 2.12. The van der Waals surface area contributed by atoms with Crippen LogP contribution >= 0.6 is 0 Å². The molecule has 1 aromatic carbocycles. The summed E-state index contributed by atoms with van der Waals surface area (Å²) in [4.78, 5) is 35.3. The molecule has 0 bridgehead atoms. The van der Waals surface area contributed by atoms with Gasteiger partial charge in [0.2, 0.25) is 0 Å². The summed E-state index contributed by atoms with van der Waals surface area (Å²) in [6.45, 7) is 0. The molecule has 6 nitrogen and oxygen atoms in total. The lowest BCUT2D eigenvalue weighted by Crippen LogP contribution is -2.39. The van der Waals surface area contributed by atoms with Crippen LogP contribution in [0, 0.1) is 10.1 Å². The van der Waals surface area contributed by atoms with Crippen molar-refractivity contribution in [2.75, 3.05) is 7.05 Å². The first-order valence-electron chi connectivity index (χ1n) is 6.52. The fourth-order valence-electron chi connectivity index (χ4n) is 2.43. The highest BCUT2D eigenvalue weighted by Gasteiger charge is 2.26. The fourth-order valence-corrected chi connectivity index (χ4v) is 2.43. The van der Waals surface area contributed by atoms with Crippen LogP contribution in [-0.2, 0) is 4.79 Å². The summed E-state index contributed by atoms with van der Waals surface area (Å²) in [5, 5.41) is 10.7. The van der Waals surface area contributed by atoms with E-state index < -0.39 is 4.92 Å². The Labute approximate surface area is 116 Å². The molecular formula is C14H16N2O4. The maximum atomic E-state index is 12.3. The Bertz CT molecular complexity index is 546. The summed E-state index contributed by atoms with van der Waals surface area (Å²) in [6, 6.07) is 5.74. The third-order valence-corrected chi connectivity index (χ3v) is 3.68. The molecule has 0 saturated heterocycles. The number of nitrogens with zero attached hydrogens (tertiary/aromatic N) is 2. The van der Waals surface area contributed by atoms with Gasteiger partial charge in [-0.25, -0.2) is 0 Å². The van der Waals surface area contributed by atoms with Crippen molar-refractivity contribution in [2.45, 2.75) is 31.7 Å². The summed E-state index contributed by atoms with van der Waals surface area (Å²) >= 11 is 0. The Morgan fingerprint density at radius 3 is 2.60 bits per heavy atom. The number of hydrogen-bond acceptors (Lipinski definition) is 4. The van der Waals surface area contributed by atoms with E-state index in [0.717, 1.165) is 0 Å². The summed E-state index contributed by atoms with van der Waals surface area (Å²) in [7, 11) is 1.68. The van der Waals surface area contributed by atoms with E-state index in [0.29, 0.717) is 31.2 Å². The van der Waals surface area contributed by atoms with Gasteiger partial charge in [0.05, 0.1) is 4.92 Å². The zero-order chi connectivity index (χ0) is 14.7. The van der Waals surface area contributed by atoms with Gasteiger partial charge in [-0.15, -0.1) is 0 Å². The standard InChI is InChI=1S/C14H16N2O4/c1-15(11-5-7-13(17)8-6-11)14(18)10-3-2-4-12(9-10)16(19)20/h2-4,9,11H,5-8H2,1H3. The first-order chi connectivity index (χ1) is 9.49. The molecule has 0 heterocycles. The SMILES string of the molecule is CN(C(=O)c1cccc([N+](=O)[O-])c1)C1CCC(=O)CC1. The van der Waals surface area contributed by atoms with Crippen molar-refractivity contribution < 1.29 is 14.5 Å². The molecule has 0 unspecified atom stereocenters. The minimum absolute atomic E-state index is 0.0273. The predicted octanol–water partition coefficient (Wildman–Crippen LogP) is 2.18. The van der Waals surface area contributed by atoms with Crippen LogP contribution in [0.3, 0.4) is 0 Å². The number of rotatable bonds is 3. The molecule has 1 aromatic rings. The van der Waals surface area contributed by atoms with E-state index in [9.17, 15) is 19.7 Å². The van der Waals surface area contributed by atoms with E-state index in [1.54, 1.807) is 18.0 Å². The number of nitro groups is 1. The Morgan fingerprint density at radius 1 is 1.35 bits per heavy atom. The van der Waals surface area contributed by atoms with E-state index in [-0.39, 0.29) is 23.4 Å². The number of benzene rings is 1. The molecule has 1 amide bonds. The maximum absolute atomic E-state index is 12.3. The van der Waals surface area contributed by atoms with Crippen LogP contribution in [-0.4, -0.2) is 34.6 Å². The molecule has 1 saturated carbocycles. The molecule has 0 aliphatic heterocycles. The fraction of sp³-hybridized carbons (Fsp3) is 0.429. The predicted molar refractivity (Wildman–Crippen MR) is 72.5 cm³/mol. The number of hydrogen-bond donors (Lipinski definition) is 0. The van der Waals surface area contributed by atoms with Crippen molar-refractivity contribution in [3.05, 3.63) is 39.9 Å². The normalized spacial score (nSPS) is 15.9. The Hall–Kier alpha value is -2.24. The zero-order valence-corrected chi connectivity index (χ0v) is 11.2. The molecule has 1 fully saturated rings. The van der Waals surface area contributed by atoms with Crippen LogP contribution in [0.4, 0.5) is 5.69 Å². The second-order valence-corrected chi connectivity index (χ2v) is 4.99. The molecule has 0 aromatic heterocycles. The van der Waals surface area contributed by atoms with Crippen molar-refractivity contribution in [3.8, 4) is 0 Å². The third kappa shape index (κ3) is 3.01. The molecule has 0 atom stereocenters. The highest BCUT2D eigenvalue weighted by Crippen LogP contribution is 2.22. The molecule has 0 N–H and O–H groups in total. The van der Waals surface area contributed by atoms with Crippen LogP contribution in [0.1, 0.15) is 36.0 Å². The lowest BCUT2D eigenvalue weighted by atomic mass is 9.93. The van der Waals surface area contributed by atoms with Crippen molar-refractivity contribution in [1.29, 1.82) is 0 Å². The van der Waals surface area contributed by atoms with Gasteiger partial charge < -0.3 is 4.90 Å². The molecular weight excluding hydrogens is 260 g/mol. The van der Waals surface area contributed by atoms with Gasteiger partial charge in [0.25, 0.3) is 11.6 Å². The van der Waals surface area contributed by atoms with Gasteiger partial charge in [-0.3, -0.25) is 19.7 Å². The minimum atomic E-state index is -0.518. The average molecular weight is 276 g/mol. The molecule has 0 radical (unpaired) electrons. The maximum Gasteiger partial charge on any atom is 0.270 e. The Kier molecular flexibility index (Phi) is 4.12. The monoisotopic (exact) mass is 276 g/mol. The summed E-state index contributed by atoms with van der Waals surface area (Å²) < 4.78 is 0.